The molecular formula is C11H19N3O3S2. The third kappa shape index (κ3) is 2.77. The molecule has 0 spiro atoms. The maximum Gasteiger partial charge on any atom is 0.247 e. The summed E-state index contributed by atoms with van der Waals surface area (Å²) in [4.78, 5) is 0. The minimum absolute atomic E-state index is 0.0106. The average molecular weight is 305 g/mol. The van der Waals surface area contributed by atoms with E-state index in [1.54, 1.807) is 6.07 Å². The highest BCUT2D eigenvalue weighted by Crippen LogP contribution is 2.43. The number of hydrogen-bond acceptors (Lipinski definition) is 6. The second-order valence-corrected chi connectivity index (χ2v) is 7.44. The first kappa shape index (κ1) is 14.7. The lowest BCUT2D eigenvalue weighted by Crippen LogP contribution is -2.40. The van der Waals surface area contributed by atoms with Crippen molar-refractivity contribution < 1.29 is 13.6 Å². The number of fused-ring (bicyclic) bond motifs is 1. The van der Waals surface area contributed by atoms with E-state index < -0.39 is 10.0 Å². The van der Waals surface area contributed by atoms with Crippen molar-refractivity contribution in [2.75, 3.05) is 11.6 Å². The predicted molar refractivity (Wildman–Crippen MR) is 75.1 cm³/mol. The van der Waals surface area contributed by atoms with Gasteiger partial charge in [-0.05, 0) is 25.5 Å². The van der Waals surface area contributed by atoms with Crippen molar-refractivity contribution >= 4 is 26.4 Å². The van der Waals surface area contributed by atoms with E-state index in [1.165, 1.54) is 5.06 Å². The molecule has 6 nitrogen and oxygen atoms in total. The summed E-state index contributed by atoms with van der Waals surface area (Å²) >= 11 is 1.02. The van der Waals surface area contributed by atoms with Gasteiger partial charge in [-0.1, -0.05) is 13.8 Å². The van der Waals surface area contributed by atoms with Crippen LogP contribution in [-0.2, 0) is 10.0 Å². The third-order valence-corrected chi connectivity index (χ3v) is 5.92. The first-order valence-electron chi connectivity index (χ1n) is 6.26. The van der Waals surface area contributed by atoms with Gasteiger partial charge in [0.25, 0.3) is 0 Å². The first-order chi connectivity index (χ1) is 8.88. The molecule has 2 heterocycles. The van der Waals surface area contributed by atoms with Crippen LogP contribution < -0.4 is 15.5 Å². The Hall–Kier alpha value is -0.670. The zero-order valence-corrected chi connectivity index (χ0v) is 12.6. The molecule has 108 valence electrons. The number of nitrogens with one attached hydrogen (secondary N) is 1. The summed E-state index contributed by atoms with van der Waals surface area (Å²) in [6.45, 7) is 4.78. The monoisotopic (exact) mass is 305 g/mol. The Labute approximate surface area is 117 Å². The van der Waals surface area contributed by atoms with Crippen LogP contribution >= 0.6 is 11.3 Å². The summed E-state index contributed by atoms with van der Waals surface area (Å²) in [6, 6.07) is 1.61. The van der Waals surface area contributed by atoms with Gasteiger partial charge in [0.2, 0.25) is 10.0 Å². The second-order valence-electron chi connectivity index (χ2n) is 4.62. The zero-order chi connectivity index (χ0) is 14.2. The number of primary sulfonamides is 1. The highest BCUT2D eigenvalue weighted by molar-refractivity contribution is 7.91. The van der Waals surface area contributed by atoms with E-state index in [0.717, 1.165) is 36.3 Å². The minimum atomic E-state index is -3.73. The Morgan fingerprint density at radius 2 is 2.26 bits per heavy atom. The zero-order valence-electron chi connectivity index (χ0n) is 11.0. The van der Waals surface area contributed by atoms with Crippen LogP contribution in [0.2, 0.25) is 0 Å². The summed E-state index contributed by atoms with van der Waals surface area (Å²) in [5.41, 5.74) is 0.808. The van der Waals surface area contributed by atoms with Gasteiger partial charge in [0.1, 0.15) is 9.21 Å². The van der Waals surface area contributed by atoms with Crippen molar-refractivity contribution in [2.24, 2.45) is 5.14 Å². The van der Waals surface area contributed by atoms with Crippen LogP contribution in [0.4, 0.5) is 5.00 Å². The van der Waals surface area contributed by atoms with Gasteiger partial charge in [-0.25, -0.2) is 18.6 Å². The SMILES string of the molecule is CCNC1CC(CC)N(O)c2sc(S(N)(=O)=O)cc21. The number of hydroxylamine groups is 1. The Morgan fingerprint density at radius 1 is 1.58 bits per heavy atom. The normalized spacial score (nSPS) is 23.5. The molecule has 0 radical (unpaired) electrons. The molecule has 0 fully saturated rings. The fourth-order valence-electron chi connectivity index (χ4n) is 2.39. The molecule has 0 saturated carbocycles. The van der Waals surface area contributed by atoms with E-state index >= 15 is 0 Å². The molecule has 0 saturated heterocycles. The molecule has 0 aliphatic carbocycles. The van der Waals surface area contributed by atoms with E-state index in [0.29, 0.717) is 5.00 Å². The third-order valence-electron chi connectivity index (χ3n) is 3.36. The Morgan fingerprint density at radius 3 is 2.79 bits per heavy atom. The van der Waals surface area contributed by atoms with Crippen LogP contribution in [0.15, 0.2) is 10.3 Å². The molecule has 1 aromatic rings. The summed E-state index contributed by atoms with van der Waals surface area (Å²) in [5.74, 6) is 0. The lowest BCUT2D eigenvalue weighted by Gasteiger charge is -2.35. The van der Waals surface area contributed by atoms with Gasteiger partial charge in [0.05, 0.1) is 6.04 Å². The number of hydrogen-bond donors (Lipinski definition) is 3. The maximum atomic E-state index is 11.4. The number of sulfonamides is 1. The largest absolute Gasteiger partial charge is 0.310 e. The van der Waals surface area contributed by atoms with Crippen molar-refractivity contribution in [3.05, 3.63) is 11.6 Å². The van der Waals surface area contributed by atoms with Crippen molar-refractivity contribution in [1.29, 1.82) is 0 Å². The summed E-state index contributed by atoms with van der Waals surface area (Å²) < 4.78 is 23.0. The molecule has 8 heteroatoms. The van der Waals surface area contributed by atoms with Crippen molar-refractivity contribution in [1.82, 2.24) is 5.32 Å². The predicted octanol–water partition coefficient (Wildman–Crippen LogP) is 1.42. The standard InChI is InChI=1S/C11H19N3O3S2/c1-3-7-5-9(13-4-2)8-6-10(19(12,16)17)18-11(8)14(7)15/h6-7,9,13,15H,3-5H2,1-2H3,(H2,12,16,17). The number of nitrogens with two attached hydrogens (primary N) is 1. The van der Waals surface area contributed by atoms with Gasteiger partial charge in [-0.2, -0.15) is 0 Å². The molecule has 0 aromatic carbocycles. The number of thiophene rings is 1. The van der Waals surface area contributed by atoms with Crippen molar-refractivity contribution in [3.8, 4) is 0 Å². The number of anilines is 1. The molecule has 0 amide bonds. The minimum Gasteiger partial charge on any atom is -0.310 e. The van der Waals surface area contributed by atoms with Crippen LogP contribution in [0.25, 0.3) is 0 Å². The Balaban J connectivity index is 2.47. The fourth-order valence-corrected chi connectivity index (χ4v) is 4.32. The Bertz CT molecular complexity index is 542. The van der Waals surface area contributed by atoms with Gasteiger partial charge in [-0.15, -0.1) is 11.3 Å². The highest BCUT2D eigenvalue weighted by atomic mass is 32.2. The summed E-state index contributed by atoms with van der Waals surface area (Å²) in [7, 11) is -3.73. The van der Waals surface area contributed by atoms with Gasteiger partial charge in [0.15, 0.2) is 0 Å². The van der Waals surface area contributed by atoms with Crippen LogP contribution in [0.1, 0.15) is 38.3 Å². The van der Waals surface area contributed by atoms with E-state index in [9.17, 15) is 13.6 Å². The van der Waals surface area contributed by atoms with E-state index in [2.05, 4.69) is 5.32 Å². The van der Waals surface area contributed by atoms with Gasteiger partial charge in [-0.3, -0.25) is 5.21 Å². The maximum absolute atomic E-state index is 11.4. The molecule has 4 N–H and O–H groups in total. The smallest absolute Gasteiger partial charge is 0.247 e. The topological polar surface area (TPSA) is 95.7 Å². The Kier molecular flexibility index (Phi) is 4.17. The lowest BCUT2D eigenvalue weighted by atomic mass is 9.95. The summed E-state index contributed by atoms with van der Waals surface area (Å²) in [5, 5.41) is 20.4. The molecule has 1 aliphatic rings. The molecule has 2 rings (SSSR count). The quantitative estimate of drug-likeness (QED) is 0.782. The van der Waals surface area contributed by atoms with Gasteiger partial charge >= 0.3 is 0 Å². The van der Waals surface area contributed by atoms with E-state index in [-0.39, 0.29) is 16.3 Å². The van der Waals surface area contributed by atoms with Crippen LogP contribution in [0.3, 0.4) is 0 Å². The molecular weight excluding hydrogens is 286 g/mol. The first-order valence-corrected chi connectivity index (χ1v) is 8.62. The number of rotatable bonds is 4. The average Bonchev–Trinajstić information content (AvgIpc) is 2.78. The van der Waals surface area contributed by atoms with Gasteiger partial charge in [0, 0.05) is 11.6 Å². The highest BCUT2D eigenvalue weighted by Gasteiger charge is 2.34. The van der Waals surface area contributed by atoms with Crippen LogP contribution in [0, 0.1) is 0 Å². The van der Waals surface area contributed by atoms with Crippen LogP contribution in [0.5, 0.6) is 0 Å². The molecule has 1 aromatic heterocycles. The molecule has 0 bridgehead atoms. The summed E-state index contributed by atoms with van der Waals surface area (Å²) in [6.07, 6.45) is 1.54. The van der Waals surface area contributed by atoms with E-state index in [4.69, 9.17) is 5.14 Å². The van der Waals surface area contributed by atoms with Crippen molar-refractivity contribution in [3.63, 3.8) is 0 Å². The van der Waals surface area contributed by atoms with Crippen molar-refractivity contribution in [2.45, 2.75) is 43.0 Å². The molecule has 1 aliphatic heterocycles. The van der Waals surface area contributed by atoms with E-state index in [1.807, 2.05) is 13.8 Å². The number of nitrogens with zero attached hydrogens (tertiary/aromatic N) is 1. The lowest BCUT2D eigenvalue weighted by molar-refractivity contribution is 0.189. The molecule has 2 unspecified atom stereocenters. The van der Waals surface area contributed by atoms with Gasteiger partial charge < -0.3 is 5.32 Å². The molecule has 19 heavy (non-hydrogen) atoms. The fraction of sp³-hybridized carbons (Fsp3) is 0.636. The molecule has 2 atom stereocenters. The second kappa shape index (κ2) is 5.37. The van der Waals surface area contributed by atoms with Crippen LogP contribution in [-0.4, -0.2) is 26.2 Å².